The summed E-state index contributed by atoms with van der Waals surface area (Å²) in [6, 6.07) is 4.18. The first kappa shape index (κ1) is 21.0. The van der Waals surface area contributed by atoms with Gasteiger partial charge in [-0.25, -0.2) is 4.79 Å². The van der Waals surface area contributed by atoms with Crippen LogP contribution < -0.4 is 5.32 Å². The molecule has 1 heterocycles. The number of nitro benzene ring substituents is 1. The molecule has 0 aromatic heterocycles. The molecule has 3 rings (SSSR count). The maximum absolute atomic E-state index is 13.2. The lowest BCUT2D eigenvalue weighted by molar-refractivity contribution is -0.385. The van der Waals surface area contributed by atoms with Gasteiger partial charge in [0.1, 0.15) is 0 Å². The SMILES string of the molecule is CCOC(=O)C1=C(C)NC2=C(C(=O)CC(C)(C)C2)C1c1cc(Cl)ccc1[N+](=O)[O-]. The van der Waals surface area contributed by atoms with Crippen molar-refractivity contribution in [1.29, 1.82) is 0 Å². The highest BCUT2D eigenvalue weighted by molar-refractivity contribution is 6.30. The van der Waals surface area contributed by atoms with Crippen LogP contribution in [0.25, 0.3) is 0 Å². The summed E-state index contributed by atoms with van der Waals surface area (Å²) in [7, 11) is 0. The second-order valence-corrected chi connectivity index (χ2v) is 8.55. The van der Waals surface area contributed by atoms with Crippen molar-refractivity contribution in [3.63, 3.8) is 0 Å². The zero-order chi connectivity index (χ0) is 21.5. The van der Waals surface area contributed by atoms with Gasteiger partial charge in [-0.05, 0) is 37.8 Å². The third kappa shape index (κ3) is 3.92. The van der Waals surface area contributed by atoms with Crippen LogP contribution in [0.5, 0.6) is 0 Å². The Balaban J connectivity index is 2.30. The van der Waals surface area contributed by atoms with Crippen LogP contribution >= 0.6 is 11.6 Å². The molecular formula is C21H23ClN2O5. The maximum Gasteiger partial charge on any atom is 0.336 e. The number of esters is 1. The summed E-state index contributed by atoms with van der Waals surface area (Å²) in [6.45, 7) is 7.53. The highest BCUT2D eigenvalue weighted by Crippen LogP contribution is 2.48. The molecule has 0 bridgehead atoms. The standard InChI is InChI=1S/C21H23ClN2O5/c1-5-29-20(26)17-11(2)23-14-9-21(3,4)10-16(25)19(14)18(17)13-8-12(22)6-7-15(13)24(27)28/h6-8,18,23H,5,9-10H2,1-4H3. The first-order valence-corrected chi connectivity index (χ1v) is 9.78. The van der Waals surface area contributed by atoms with E-state index in [1.807, 2.05) is 13.8 Å². The fraction of sp³-hybridized carbons (Fsp3) is 0.429. The average Bonchev–Trinajstić information content (AvgIpc) is 2.59. The van der Waals surface area contributed by atoms with Gasteiger partial charge in [0.2, 0.25) is 0 Å². The Morgan fingerprint density at radius 1 is 1.38 bits per heavy atom. The van der Waals surface area contributed by atoms with E-state index < -0.39 is 16.8 Å². The predicted octanol–water partition coefficient (Wildman–Crippen LogP) is 4.42. The van der Waals surface area contributed by atoms with E-state index in [-0.39, 0.29) is 46.1 Å². The first-order chi connectivity index (χ1) is 13.6. The molecule has 1 aromatic rings. The van der Waals surface area contributed by atoms with E-state index in [1.54, 1.807) is 13.8 Å². The van der Waals surface area contributed by atoms with Gasteiger partial charge in [0, 0.05) is 40.0 Å². The van der Waals surface area contributed by atoms with Gasteiger partial charge in [0.05, 0.1) is 23.0 Å². The zero-order valence-corrected chi connectivity index (χ0v) is 17.6. The third-order valence-corrected chi connectivity index (χ3v) is 5.47. The van der Waals surface area contributed by atoms with Crippen LogP contribution in [0.1, 0.15) is 52.0 Å². The van der Waals surface area contributed by atoms with Crippen molar-refractivity contribution in [2.24, 2.45) is 5.41 Å². The molecular weight excluding hydrogens is 396 g/mol. The lowest BCUT2D eigenvalue weighted by atomic mass is 9.68. The number of allylic oxidation sites excluding steroid dienone is 3. The summed E-state index contributed by atoms with van der Waals surface area (Å²) in [4.78, 5) is 37.2. The number of benzene rings is 1. The highest BCUT2D eigenvalue weighted by Gasteiger charge is 2.45. The van der Waals surface area contributed by atoms with Crippen molar-refractivity contribution in [1.82, 2.24) is 5.32 Å². The summed E-state index contributed by atoms with van der Waals surface area (Å²) in [5, 5.41) is 15.2. The number of ether oxygens (including phenoxy) is 1. The Morgan fingerprint density at radius 3 is 2.69 bits per heavy atom. The van der Waals surface area contributed by atoms with Gasteiger partial charge in [-0.1, -0.05) is 25.4 Å². The third-order valence-electron chi connectivity index (χ3n) is 5.23. The smallest absolute Gasteiger partial charge is 0.336 e. The van der Waals surface area contributed by atoms with Gasteiger partial charge in [0.25, 0.3) is 5.69 Å². The van der Waals surface area contributed by atoms with Gasteiger partial charge in [-0.3, -0.25) is 14.9 Å². The molecule has 1 N–H and O–H groups in total. The topological polar surface area (TPSA) is 98.5 Å². The van der Waals surface area contributed by atoms with Crippen LogP contribution in [0.4, 0.5) is 5.69 Å². The number of carbonyl (C=O) groups excluding carboxylic acids is 2. The van der Waals surface area contributed by atoms with E-state index in [0.29, 0.717) is 23.4 Å². The molecule has 0 saturated heterocycles. The molecule has 8 heteroatoms. The Morgan fingerprint density at radius 2 is 2.07 bits per heavy atom. The maximum atomic E-state index is 13.2. The second-order valence-electron chi connectivity index (χ2n) is 8.11. The minimum atomic E-state index is -0.909. The molecule has 0 fully saturated rings. The normalized spacial score (nSPS) is 20.9. The zero-order valence-electron chi connectivity index (χ0n) is 16.8. The Labute approximate surface area is 173 Å². The number of nitro groups is 1. The largest absolute Gasteiger partial charge is 0.463 e. The number of hydrogen-bond acceptors (Lipinski definition) is 6. The van der Waals surface area contributed by atoms with Crippen LogP contribution in [-0.2, 0) is 14.3 Å². The van der Waals surface area contributed by atoms with Crippen molar-refractivity contribution in [3.05, 3.63) is 61.4 Å². The van der Waals surface area contributed by atoms with Crippen molar-refractivity contribution >= 4 is 29.0 Å². The van der Waals surface area contributed by atoms with E-state index in [9.17, 15) is 19.7 Å². The van der Waals surface area contributed by atoms with E-state index in [4.69, 9.17) is 16.3 Å². The fourth-order valence-electron chi connectivity index (χ4n) is 4.15. The monoisotopic (exact) mass is 418 g/mol. The molecule has 1 aliphatic carbocycles. The van der Waals surface area contributed by atoms with Gasteiger partial charge < -0.3 is 10.1 Å². The summed E-state index contributed by atoms with van der Waals surface area (Å²) in [6.07, 6.45) is 0.875. The van der Waals surface area contributed by atoms with Crippen LogP contribution in [0.3, 0.4) is 0 Å². The quantitative estimate of drug-likeness (QED) is 0.441. The molecule has 7 nitrogen and oxygen atoms in total. The fourth-order valence-corrected chi connectivity index (χ4v) is 4.33. The highest BCUT2D eigenvalue weighted by atomic mass is 35.5. The van der Waals surface area contributed by atoms with Gasteiger partial charge in [-0.15, -0.1) is 0 Å². The molecule has 154 valence electrons. The molecule has 29 heavy (non-hydrogen) atoms. The lowest BCUT2D eigenvalue weighted by Gasteiger charge is -2.39. The van der Waals surface area contributed by atoms with Crippen molar-refractivity contribution in [2.45, 2.75) is 46.5 Å². The van der Waals surface area contributed by atoms with E-state index >= 15 is 0 Å². The number of ketones is 1. The molecule has 1 aromatic carbocycles. The van der Waals surface area contributed by atoms with Crippen molar-refractivity contribution in [2.75, 3.05) is 6.61 Å². The van der Waals surface area contributed by atoms with Crippen molar-refractivity contribution < 1.29 is 19.2 Å². The summed E-state index contributed by atoms with van der Waals surface area (Å²) in [5.74, 6) is -1.66. The van der Waals surface area contributed by atoms with E-state index in [0.717, 1.165) is 0 Å². The average molecular weight is 419 g/mol. The van der Waals surface area contributed by atoms with Crippen LogP contribution in [0.2, 0.25) is 5.02 Å². The number of carbonyl (C=O) groups is 2. The summed E-state index contributed by atoms with van der Waals surface area (Å²) >= 11 is 6.15. The number of rotatable bonds is 4. The van der Waals surface area contributed by atoms with Crippen LogP contribution in [-0.4, -0.2) is 23.3 Å². The van der Waals surface area contributed by atoms with Crippen molar-refractivity contribution in [3.8, 4) is 0 Å². The van der Waals surface area contributed by atoms with Gasteiger partial charge >= 0.3 is 5.97 Å². The molecule has 1 atom stereocenters. The first-order valence-electron chi connectivity index (χ1n) is 9.40. The molecule has 0 saturated carbocycles. The Kier molecular flexibility index (Phi) is 5.54. The summed E-state index contributed by atoms with van der Waals surface area (Å²) in [5.41, 5.74) is 1.55. The van der Waals surface area contributed by atoms with E-state index in [2.05, 4.69) is 5.32 Å². The minimum Gasteiger partial charge on any atom is -0.463 e. The number of Topliss-reactive ketones (excluding diaryl/α,β-unsaturated/α-hetero) is 1. The Bertz CT molecular complexity index is 977. The number of nitrogens with zero attached hydrogens (tertiary/aromatic N) is 1. The Hall–Kier alpha value is -2.67. The summed E-state index contributed by atoms with van der Waals surface area (Å²) < 4.78 is 5.22. The molecule has 0 radical (unpaired) electrons. The molecule has 0 spiro atoms. The second kappa shape index (κ2) is 7.63. The number of nitrogens with one attached hydrogen (secondary N) is 1. The van der Waals surface area contributed by atoms with Gasteiger partial charge in [-0.2, -0.15) is 0 Å². The number of dihydropyridines is 1. The molecule has 1 aliphatic heterocycles. The molecule has 2 aliphatic rings. The molecule has 0 amide bonds. The predicted molar refractivity (Wildman–Crippen MR) is 108 cm³/mol. The minimum absolute atomic E-state index is 0.141. The van der Waals surface area contributed by atoms with Crippen LogP contribution in [0, 0.1) is 15.5 Å². The number of hydrogen-bond donors (Lipinski definition) is 1. The lowest BCUT2D eigenvalue weighted by Crippen LogP contribution is -2.38. The van der Waals surface area contributed by atoms with E-state index in [1.165, 1.54) is 18.2 Å². The molecule has 1 unspecified atom stereocenters. The number of halogens is 1. The van der Waals surface area contributed by atoms with Gasteiger partial charge in [0.15, 0.2) is 5.78 Å². The van der Waals surface area contributed by atoms with Crippen LogP contribution in [0.15, 0.2) is 40.7 Å².